The predicted octanol–water partition coefficient (Wildman–Crippen LogP) is 10.9. The van der Waals surface area contributed by atoms with E-state index in [4.69, 9.17) is 88.6 Å². The van der Waals surface area contributed by atoms with Crippen LogP contribution in [0.25, 0.3) is 0 Å². The minimum Gasteiger partial charge on any atom is -0.462 e. The molecule has 1 fully saturated rings. The molecule has 2 aromatic carbocycles. The van der Waals surface area contributed by atoms with Gasteiger partial charge in [0.2, 0.25) is 0 Å². The van der Waals surface area contributed by atoms with Gasteiger partial charge in [0.05, 0.1) is 43.3 Å². The molecule has 0 aliphatic heterocycles. The van der Waals surface area contributed by atoms with Crippen molar-refractivity contribution in [1.82, 2.24) is 0 Å². The van der Waals surface area contributed by atoms with Crippen molar-refractivity contribution in [2.45, 2.75) is 79.6 Å². The zero-order valence-corrected chi connectivity index (χ0v) is 31.2. The normalized spacial score (nSPS) is 15.4. The number of carbonyl (C=O) groups is 4. The van der Waals surface area contributed by atoms with Gasteiger partial charge in [-0.05, 0) is 67.4 Å². The van der Waals surface area contributed by atoms with Gasteiger partial charge in [0, 0.05) is 0 Å². The molecule has 47 heavy (non-hydrogen) atoms. The highest BCUT2D eigenvalue weighted by atomic mass is 35.5. The Labute approximate surface area is 304 Å². The Hall–Kier alpha value is -1.94. The molecule has 2 aromatic rings. The van der Waals surface area contributed by atoms with Crippen molar-refractivity contribution in [3.8, 4) is 11.5 Å². The second-order valence-electron chi connectivity index (χ2n) is 12.8. The summed E-state index contributed by atoms with van der Waals surface area (Å²) >= 11 is 37.3. The molecule has 0 bridgehead atoms. The molecular weight excluding hydrogens is 737 g/mol. The molecule has 14 heteroatoms. The van der Waals surface area contributed by atoms with Crippen molar-refractivity contribution >= 4 is 93.5 Å². The average Bonchev–Trinajstić information content (AvgIpc) is 2.98. The van der Waals surface area contributed by atoms with Gasteiger partial charge in [-0.2, -0.15) is 0 Å². The monoisotopic (exact) mass is 770 g/mol. The highest BCUT2D eigenvalue weighted by molar-refractivity contribution is 6.47. The van der Waals surface area contributed by atoms with E-state index in [0.29, 0.717) is 18.8 Å². The zero-order valence-electron chi connectivity index (χ0n) is 26.6. The van der Waals surface area contributed by atoms with E-state index in [1.165, 1.54) is 0 Å². The summed E-state index contributed by atoms with van der Waals surface area (Å²) in [6, 6.07) is 2.25. The van der Waals surface area contributed by atoms with Gasteiger partial charge in [-0.3, -0.25) is 0 Å². The summed E-state index contributed by atoms with van der Waals surface area (Å²) < 4.78 is 21.1. The molecule has 0 saturated heterocycles. The number of benzene rings is 2. The molecule has 0 N–H and O–H groups in total. The third-order valence-corrected chi connectivity index (χ3v) is 10.5. The topological polar surface area (TPSA) is 105 Å². The summed E-state index contributed by atoms with van der Waals surface area (Å²) in [6.07, 6.45) is 6.06. The van der Waals surface area contributed by atoms with E-state index >= 15 is 0 Å². The van der Waals surface area contributed by atoms with Crippen LogP contribution in [-0.2, 0) is 19.1 Å². The lowest BCUT2D eigenvalue weighted by molar-refractivity contribution is -0.156. The third-order valence-electron chi connectivity index (χ3n) is 8.32. The van der Waals surface area contributed by atoms with Crippen LogP contribution in [0.15, 0.2) is 12.1 Å². The molecule has 1 atom stereocenters. The molecule has 1 saturated carbocycles. The number of carbonyl (C=O) groups excluding carboxylic acids is 4. The molecule has 0 amide bonds. The minimum atomic E-state index is -1.64. The van der Waals surface area contributed by atoms with Gasteiger partial charge in [-0.15, -0.1) is 0 Å². The molecule has 0 aromatic heterocycles. The molecule has 0 heterocycles. The highest BCUT2D eigenvalue weighted by Crippen LogP contribution is 2.48. The van der Waals surface area contributed by atoms with E-state index in [0.717, 1.165) is 44.2 Å². The second-order valence-corrected chi connectivity index (χ2v) is 15.2. The van der Waals surface area contributed by atoms with Crippen LogP contribution in [0.1, 0.15) is 100 Å². The van der Waals surface area contributed by atoms with Crippen molar-refractivity contribution in [3.63, 3.8) is 0 Å². The lowest BCUT2D eigenvalue weighted by atomic mass is 9.61. The smallest absolute Gasteiger partial charge is 0.423 e. The Morgan fingerprint density at radius 1 is 0.766 bits per heavy atom. The summed E-state index contributed by atoms with van der Waals surface area (Å²) in [5.41, 5.74) is -0.731. The first-order chi connectivity index (χ1) is 21.9. The number of hydrogen-bond acceptors (Lipinski definition) is 8. The van der Waals surface area contributed by atoms with Crippen molar-refractivity contribution in [2.24, 2.45) is 16.7 Å². The van der Waals surface area contributed by atoms with E-state index in [1.807, 2.05) is 0 Å². The van der Waals surface area contributed by atoms with Gasteiger partial charge < -0.3 is 18.9 Å². The van der Waals surface area contributed by atoms with Crippen LogP contribution in [0.4, 0.5) is 0 Å². The molecule has 1 aliphatic carbocycles. The summed E-state index contributed by atoms with van der Waals surface area (Å²) in [5, 5.41) is -1.50. The Morgan fingerprint density at radius 2 is 1.23 bits per heavy atom. The SMILES string of the molecule is CCCC(C)(C)CCCOC(=O)c1c(Cl)c(Cl)cc(Cl)c1OC(=O)C(=O)Oc1c(Cl)cc(Cl)c(Cl)c1C(=O)OCCC1CCC1(C)C. The number of hydrogen-bond donors (Lipinski definition) is 0. The second kappa shape index (κ2) is 16.6. The maximum absolute atomic E-state index is 13.1. The highest BCUT2D eigenvalue weighted by Gasteiger charge is 2.38. The summed E-state index contributed by atoms with van der Waals surface area (Å²) in [7, 11) is 0. The fraction of sp³-hybridized carbons (Fsp3) is 0.515. The summed E-state index contributed by atoms with van der Waals surface area (Å²) in [4.78, 5) is 52.1. The first-order valence-corrected chi connectivity index (χ1v) is 17.3. The van der Waals surface area contributed by atoms with Crippen LogP contribution >= 0.6 is 69.6 Å². The van der Waals surface area contributed by atoms with Gasteiger partial charge in [0.25, 0.3) is 0 Å². The van der Waals surface area contributed by atoms with Crippen molar-refractivity contribution in [2.75, 3.05) is 13.2 Å². The first kappa shape index (κ1) is 39.5. The third kappa shape index (κ3) is 10.1. The molecule has 1 unspecified atom stereocenters. The van der Waals surface area contributed by atoms with Crippen molar-refractivity contribution in [3.05, 3.63) is 53.4 Å². The molecule has 8 nitrogen and oxygen atoms in total. The number of rotatable bonds is 13. The maximum atomic E-state index is 13.1. The van der Waals surface area contributed by atoms with Crippen molar-refractivity contribution in [1.29, 1.82) is 0 Å². The fourth-order valence-electron chi connectivity index (χ4n) is 5.41. The van der Waals surface area contributed by atoms with Gasteiger partial charge >= 0.3 is 23.9 Å². The first-order valence-electron chi connectivity index (χ1n) is 15.0. The van der Waals surface area contributed by atoms with Gasteiger partial charge in [0.15, 0.2) is 11.5 Å². The predicted molar refractivity (Wildman–Crippen MR) is 184 cm³/mol. The molecule has 0 radical (unpaired) electrons. The number of halogens is 6. The van der Waals surface area contributed by atoms with E-state index in [2.05, 4.69) is 34.6 Å². The summed E-state index contributed by atoms with van der Waals surface area (Å²) in [6.45, 7) is 10.7. The zero-order chi connectivity index (χ0) is 35.3. The lowest BCUT2D eigenvalue weighted by Crippen LogP contribution is -2.35. The summed E-state index contributed by atoms with van der Waals surface area (Å²) in [5.74, 6) is -6.03. The Kier molecular flexibility index (Phi) is 14.0. The lowest BCUT2D eigenvalue weighted by Gasteiger charge is -2.44. The van der Waals surface area contributed by atoms with Crippen LogP contribution < -0.4 is 9.47 Å². The largest absolute Gasteiger partial charge is 0.462 e. The van der Waals surface area contributed by atoms with Crippen LogP contribution in [0.2, 0.25) is 30.1 Å². The Morgan fingerprint density at radius 3 is 1.64 bits per heavy atom. The van der Waals surface area contributed by atoms with Crippen molar-refractivity contribution < 1.29 is 38.1 Å². The standard InChI is InChI=1S/C33H36Cl6O8/c1-6-10-32(2,3)11-7-13-44-28(40)22-24(38)18(34)15-20(36)26(22)46-30(42)31(43)47-27-21(37)16-19(35)25(39)23(27)29(41)45-14-9-17-8-12-33(17,4)5/h15-17H,6-14H2,1-5H3. The molecule has 0 spiro atoms. The van der Waals surface area contributed by atoms with Crippen LogP contribution in [-0.4, -0.2) is 37.1 Å². The van der Waals surface area contributed by atoms with Gasteiger partial charge in [-0.25, -0.2) is 19.2 Å². The van der Waals surface area contributed by atoms with E-state index in [9.17, 15) is 19.2 Å². The Bertz CT molecular complexity index is 1540. The minimum absolute atomic E-state index is 0.0367. The van der Waals surface area contributed by atoms with Gasteiger partial charge in [-0.1, -0.05) is 111 Å². The van der Waals surface area contributed by atoms with Crippen LogP contribution in [0, 0.1) is 16.7 Å². The quantitative estimate of drug-likeness (QED) is 0.0651. The van der Waals surface area contributed by atoms with E-state index < -0.39 is 46.5 Å². The number of esters is 4. The van der Waals surface area contributed by atoms with E-state index in [-0.39, 0.29) is 54.2 Å². The molecular formula is C33H36Cl6O8. The number of ether oxygens (including phenoxy) is 4. The van der Waals surface area contributed by atoms with E-state index in [1.54, 1.807) is 0 Å². The Balaban J connectivity index is 1.78. The molecule has 258 valence electrons. The fourth-order valence-corrected chi connectivity index (χ4v) is 6.85. The molecule has 1 aliphatic rings. The van der Waals surface area contributed by atoms with Gasteiger partial charge in [0.1, 0.15) is 11.1 Å². The average molecular weight is 773 g/mol. The van der Waals surface area contributed by atoms with Crippen LogP contribution in [0.5, 0.6) is 11.5 Å². The maximum Gasteiger partial charge on any atom is 0.423 e. The molecule has 3 rings (SSSR count). The van der Waals surface area contributed by atoms with Crippen LogP contribution in [0.3, 0.4) is 0 Å².